The molecule has 2 aromatic rings. The Morgan fingerprint density at radius 3 is 2.59 bits per heavy atom. The Bertz CT molecular complexity index is 946. The molecule has 0 radical (unpaired) electrons. The molecule has 0 aliphatic carbocycles. The van der Waals surface area contributed by atoms with Gasteiger partial charge in [-0.15, -0.1) is 0 Å². The molecular weight excluding hydrogens is 398 g/mol. The van der Waals surface area contributed by atoms with Crippen molar-refractivity contribution in [1.82, 2.24) is 0 Å². The van der Waals surface area contributed by atoms with Crippen molar-refractivity contribution in [2.45, 2.75) is 12.8 Å². The Kier molecular flexibility index (Phi) is 6.23. The van der Waals surface area contributed by atoms with E-state index in [4.69, 9.17) is 26.8 Å². The normalized spacial score (nSPS) is 13.3. The number of ether oxygens (including phenoxy) is 2. The number of benzene rings is 2. The van der Waals surface area contributed by atoms with Crippen molar-refractivity contribution in [2.24, 2.45) is 0 Å². The predicted molar refractivity (Wildman–Crippen MR) is 109 cm³/mol. The Labute approximate surface area is 172 Å². The van der Waals surface area contributed by atoms with Crippen LogP contribution < -0.4 is 20.7 Å². The molecule has 2 aromatic carbocycles. The molecule has 0 saturated carbocycles. The monoisotopic (exact) mass is 417 g/mol. The van der Waals surface area contributed by atoms with Gasteiger partial charge >= 0.3 is 5.97 Å². The van der Waals surface area contributed by atoms with Crippen molar-refractivity contribution in [1.29, 1.82) is 0 Å². The maximum atomic E-state index is 12.2. The molecule has 0 unspecified atom stereocenters. The lowest BCUT2D eigenvalue weighted by molar-refractivity contribution is -0.119. The topological polar surface area (TPSA) is 111 Å². The van der Waals surface area contributed by atoms with Gasteiger partial charge in [-0.2, -0.15) is 0 Å². The molecule has 0 aromatic heterocycles. The van der Waals surface area contributed by atoms with Crippen LogP contribution in [0.15, 0.2) is 36.4 Å². The van der Waals surface area contributed by atoms with Gasteiger partial charge in [0.2, 0.25) is 5.91 Å². The number of carbonyl (C=O) groups is 3. The van der Waals surface area contributed by atoms with E-state index in [1.165, 1.54) is 19.2 Å². The SMILES string of the molecule is COc1cc(N)c(Cl)cc1C(=O)OCC(=O)Nc1ccc(N2CCCC2=O)cc1. The number of nitrogen functional groups attached to an aromatic ring is 1. The van der Waals surface area contributed by atoms with Crippen molar-refractivity contribution < 1.29 is 23.9 Å². The summed E-state index contributed by atoms with van der Waals surface area (Å²) in [5.74, 6) is -0.984. The third-order valence-corrected chi connectivity index (χ3v) is 4.74. The highest BCUT2D eigenvalue weighted by atomic mass is 35.5. The van der Waals surface area contributed by atoms with E-state index < -0.39 is 18.5 Å². The highest BCUT2D eigenvalue weighted by molar-refractivity contribution is 6.33. The van der Waals surface area contributed by atoms with Crippen LogP contribution in [-0.4, -0.2) is 38.0 Å². The molecule has 9 heteroatoms. The van der Waals surface area contributed by atoms with Crippen LogP contribution in [0.2, 0.25) is 5.02 Å². The van der Waals surface area contributed by atoms with Gasteiger partial charge in [0, 0.05) is 30.4 Å². The number of halogens is 1. The first-order valence-corrected chi connectivity index (χ1v) is 9.27. The van der Waals surface area contributed by atoms with E-state index in [1.807, 2.05) is 0 Å². The summed E-state index contributed by atoms with van der Waals surface area (Å²) in [5, 5.41) is 2.81. The first-order valence-electron chi connectivity index (χ1n) is 8.89. The number of rotatable bonds is 6. The second-order valence-corrected chi connectivity index (χ2v) is 6.80. The van der Waals surface area contributed by atoms with Gasteiger partial charge in [-0.05, 0) is 36.8 Å². The van der Waals surface area contributed by atoms with Crippen molar-refractivity contribution in [3.8, 4) is 5.75 Å². The highest BCUT2D eigenvalue weighted by Gasteiger charge is 2.21. The minimum absolute atomic E-state index is 0.0686. The zero-order valence-corrected chi connectivity index (χ0v) is 16.5. The summed E-state index contributed by atoms with van der Waals surface area (Å²) in [6, 6.07) is 9.62. The standard InChI is InChI=1S/C20H20ClN3O5/c1-28-17-10-16(22)15(21)9-14(17)20(27)29-11-18(25)23-12-4-6-13(7-5-12)24-8-2-3-19(24)26/h4-7,9-10H,2-3,8,11,22H2,1H3,(H,23,25). The van der Waals surface area contributed by atoms with Crippen molar-refractivity contribution in [3.63, 3.8) is 0 Å². The first-order chi connectivity index (χ1) is 13.9. The summed E-state index contributed by atoms with van der Waals surface area (Å²) in [6.45, 7) is 0.204. The molecule has 1 heterocycles. The van der Waals surface area contributed by atoms with Gasteiger partial charge < -0.3 is 25.4 Å². The second kappa shape index (κ2) is 8.83. The zero-order chi connectivity index (χ0) is 21.0. The van der Waals surface area contributed by atoms with E-state index in [2.05, 4.69) is 5.32 Å². The van der Waals surface area contributed by atoms with Gasteiger partial charge in [-0.1, -0.05) is 11.6 Å². The van der Waals surface area contributed by atoms with E-state index in [0.717, 1.165) is 12.1 Å². The summed E-state index contributed by atoms with van der Waals surface area (Å²) in [7, 11) is 1.38. The smallest absolute Gasteiger partial charge is 0.342 e. The van der Waals surface area contributed by atoms with Gasteiger partial charge in [0.15, 0.2) is 6.61 Å². The van der Waals surface area contributed by atoms with Gasteiger partial charge in [0.1, 0.15) is 11.3 Å². The van der Waals surface area contributed by atoms with E-state index in [1.54, 1.807) is 29.2 Å². The van der Waals surface area contributed by atoms with E-state index >= 15 is 0 Å². The molecule has 8 nitrogen and oxygen atoms in total. The highest BCUT2D eigenvalue weighted by Crippen LogP contribution is 2.29. The van der Waals surface area contributed by atoms with Gasteiger partial charge in [-0.3, -0.25) is 9.59 Å². The van der Waals surface area contributed by atoms with Crippen LogP contribution in [0.4, 0.5) is 17.1 Å². The molecule has 3 rings (SSSR count). The summed E-state index contributed by atoms with van der Waals surface area (Å²) in [5.41, 5.74) is 7.32. The zero-order valence-electron chi connectivity index (χ0n) is 15.7. The second-order valence-electron chi connectivity index (χ2n) is 6.39. The molecule has 3 N–H and O–H groups in total. The molecule has 1 aliphatic heterocycles. The molecular formula is C20H20ClN3O5. The number of esters is 1. The number of hydrogen-bond donors (Lipinski definition) is 2. The van der Waals surface area contributed by atoms with Gasteiger partial charge in [-0.25, -0.2) is 4.79 Å². The Balaban J connectivity index is 1.57. The molecule has 29 heavy (non-hydrogen) atoms. The molecule has 0 atom stereocenters. The Morgan fingerprint density at radius 2 is 1.97 bits per heavy atom. The summed E-state index contributed by atoms with van der Waals surface area (Å²) >= 11 is 5.93. The Morgan fingerprint density at radius 1 is 1.24 bits per heavy atom. The van der Waals surface area contributed by atoms with E-state index in [9.17, 15) is 14.4 Å². The largest absolute Gasteiger partial charge is 0.496 e. The van der Waals surface area contributed by atoms with Crippen molar-refractivity contribution >= 4 is 46.4 Å². The minimum Gasteiger partial charge on any atom is -0.496 e. The van der Waals surface area contributed by atoms with Crippen LogP contribution in [0.5, 0.6) is 5.75 Å². The summed E-state index contributed by atoms with van der Waals surface area (Å²) in [6.07, 6.45) is 1.39. The summed E-state index contributed by atoms with van der Waals surface area (Å²) < 4.78 is 10.1. The van der Waals surface area contributed by atoms with Crippen LogP contribution >= 0.6 is 11.6 Å². The Hall–Kier alpha value is -3.26. The number of methoxy groups -OCH3 is 1. The number of carbonyl (C=O) groups excluding carboxylic acids is 3. The molecule has 152 valence electrons. The maximum Gasteiger partial charge on any atom is 0.342 e. The molecule has 0 spiro atoms. The summed E-state index contributed by atoms with van der Waals surface area (Å²) in [4.78, 5) is 37.8. The van der Waals surface area contributed by atoms with Crippen LogP contribution in [0.3, 0.4) is 0 Å². The first kappa shape index (κ1) is 20.5. The average Bonchev–Trinajstić information content (AvgIpc) is 3.14. The molecule has 1 aliphatic rings. The van der Waals surface area contributed by atoms with E-state index in [0.29, 0.717) is 18.7 Å². The molecule has 0 bridgehead atoms. The molecule has 1 saturated heterocycles. The fourth-order valence-electron chi connectivity index (χ4n) is 2.95. The number of amides is 2. The van der Waals surface area contributed by atoms with Crippen molar-refractivity contribution in [3.05, 3.63) is 47.0 Å². The van der Waals surface area contributed by atoms with E-state index in [-0.39, 0.29) is 27.9 Å². The lowest BCUT2D eigenvalue weighted by atomic mass is 10.2. The number of anilines is 3. The number of nitrogens with two attached hydrogens (primary N) is 1. The van der Waals surface area contributed by atoms with Crippen LogP contribution in [-0.2, 0) is 14.3 Å². The number of nitrogens with one attached hydrogen (secondary N) is 1. The molecule has 1 fully saturated rings. The third kappa shape index (κ3) is 4.78. The minimum atomic E-state index is -0.762. The molecule has 2 amide bonds. The van der Waals surface area contributed by atoms with Crippen molar-refractivity contribution in [2.75, 3.05) is 36.2 Å². The predicted octanol–water partition coefficient (Wildman–Crippen LogP) is 2.85. The lowest BCUT2D eigenvalue weighted by Gasteiger charge is -2.16. The van der Waals surface area contributed by atoms with Crippen LogP contribution in [0.1, 0.15) is 23.2 Å². The number of hydrogen-bond acceptors (Lipinski definition) is 6. The third-order valence-electron chi connectivity index (χ3n) is 4.41. The van der Waals surface area contributed by atoms with Gasteiger partial charge in [0.05, 0.1) is 17.8 Å². The van der Waals surface area contributed by atoms with Gasteiger partial charge in [0.25, 0.3) is 5.91 Å². The fourth-order valence-corrected chi connectivity index (χ4v) is 3.11. The quantitative estimate of drug-likeness (QED) is 0.552. The lowest BCUT2D eigenvalue weighted by Crippen LogP contribution is -2.24. The van der Waals surface area contributed by atoms with Crippen LogP contribution in [0.25, 0.3) is 0 Å². The van der Waals surface area contributed by atoms with Crippen LogP contribution in [0, 0.1) is 0 Å². The fraction of sp³-hybridized carbons (Fsp3) is 0.250. The maximum absolute atomic E-state index is 12.2. The average molecular weight is 418 g/mol. The number of nitrogens with zero attached hydrogens (tertiary/aromatic N) is 1.